The van der Waals surface area contributed by atoms with Crippen LogP contribution >= 0.6 is 0 Å². The van der Waals surface area contributed by atoms with Crippen LogP contribution in [0, 0.1) is 5.82 Å². The summed E-state index contributed by atoms with van der Waals surface area (Å²) in [5.41, 5.74) is 5.48. The number of oxime groups is 1. The number of anilines is 1. The molecule has 0 spiro atoms. The van der Waals surface area contributed by atoms with Gasteiger partial charge in [-0.05, 0) is 18.2 Å². The fourth-order valence-electron chi connectivity index (χ4n) is 1.35. The van der Waals surface area contributed by atoms with E-state index in [9.17, 15) is 9.18 Å². The number of nitrogens with two attached hydrogens (primary N) is 1. The molecule has 7 nitrogen and oxygen atoms in total. The second kappa shape index (κ2) is 5.17. The Hall–Kier alpha value is -2.90. The highest BCUT2D eigenvalue weighted by Gasteiger charge is 2.13. The minimum atomic E-state index is -0.721. The first-order valence-corrected chi connectivity index (χ1v) is 5.11. The predicted molar refractivity (Wildman–Crippen MR) is 63.4 cm³/mol. The molecule has 0 unspecified atom stereocenters. The molecule has 0 atom stereocenters. The van der Waals surface area contributed by atoms with Crippen molar-refractivity contribution in [2.24, 2.45) is 10.9 Å². The van der Waals surface area contributed by atoms with Gasteiger partial charge in [0.2, 0.25) is 0 Å². The number of nitrogens with zero attached hydrogens (tertiary/aromatic N) is 2. The summed E-state index contributed by atoms with van der Waals surface area (Å²) in [6.07, 6.45) is 1.23. The molecular formula is C11H9FN4O3. The van der Waals surface area contributed by atoms with Crippen LogP contribution in [0.15, 0.2) is 40.2 Å². The van der Waals surface area contributed by atoms with E-state index in [1.54, 1.807) is 0 Å². The largest absolute Gasteiger partial charge is 0.409 e. The van der Waals surface area contributed by atoms with E-state index in [2.05, 4.69) is 20.2 Å². The molecule has 0 saturated heterocycles. The molecule has 2 aromatic rings. The maximum Gasteiger partial charge on any atom is 0.277 e. The standard InChI is InChI=1S/C11H9FN4O3/c12-7-5-6(10(13)15-18)1-2-8(7)14-11(17)9-3-4-19-16-9/h1-5,18H,(H2,13,15)(H,14,17). The van der Waals surface area contributed by atoms with Crippen molar-refractivity contribution in [3.05, 3.63) is 47.6 Å². The van der Waals surface area contributed by atoms with Gasteiger partial charge in [0.1, 0.15) is 12.1 Å². The monoisotopic (exact) mass is 264 g/mol. The van der Waals surface area contributed by atoms with Gasteiger partial charge in [-0.2, -0.15) is 0 Å². The molecule has 0 aliphatic heterocycles. The topological polar surface area (TPSA) is 114 Å². The summed E-state index contributed by atoms with van der Waals surface area (Å²) >= 11 is 0. The van der Waals surface area contributed by atoms with E-state index < -0.39 is 11.7 Å². The molecule has 0 saturated carbocycles. The summed E-state index contributed by atoms with van der Waals surface area (Å²) in [5, 5.41) is 17.0. The number of carbonyl (C=O) groups is 1. The molecule has 1 amide bonds. The molecule has 0 aliphatic rings. The molecule has 1 heterocycles. The zero-order valence-electron chi connectivity index (χ0n) is 9.50. The number of benzene rings is 1. The third kappa shape index (κ3) is 2.68. The number of rotatable bonds is 3. The molecule has 0 fully saturated rings. The van der Waals surface area contributed by atoms with Crippen LogP contribution in [0.25, 0.3) is 0 Å². The molecule has 0 bridgehead atoms. The summed E-state index contributed by atoms with van der Waals surface area (Å²) in [6, 6.07) is 5.07. The highest BCUT2D eigenvalue weighted by Crippen LogP contribution is 2.16. The SMILES string of the molecule is N/C(=N/O)c1ccc(NC(=O)c2ccon2)c(F)c1. The van der Waals surface area contributed by atoms with Gasteiger partial charge >= 0.3 is 0 Å². The summed E-state index contributed by atoms with van der Waals surface area (Å²) in [4.78, 5) is 11.6. The smallest absolute Gasteiger partial charge is 0.277 e. The van der Waals surface area contributed by atoms with Gasteiger partial charge < -0.3 is 20.8 Å². The minimum absolute atomic E-state index is 0.0277. The number of nitrogens with one attached hydrogen (secondary N) is 1. The number of halogens is 1. The van der Waals surface area contributed by atoms with Crippen molar-refractivity contribution in [1.29, 1.82) is 0 Å². The Morgan fingerprint density at radius 1 is 1.47 bits per heavy atom. The summed E-state index contributed by atoms with van der Waals surface area (Å²) in [5.74, 6) is -1.56. The van der Waals surface area contributed by atoms with Gasteiger partial charge in [-0.15, -0.1) is 0 Å². The quantitative estimate of drug-likeness (QED) is 0.333. The molecule has 1 aromatic heterocycles. The van der Waals surface area contributed by atoms with Crippen molar-refractivity contribution < 1.29 is 18.9 Å². The molecule has 1 aromatic carbocycles. The molecule has 2 rings (SSSR count). The highest BCUT2D eigenvalue weighted by atomic mass is 19.1. The first-order chi connectivity index (χ1) is 9.11. The van der Waals surface area contributed by atoms with Crippen LogP contribution in [0.4, 0.5) is 10.1 Å². The first kappa shape index (κ1) is 12.6. The zero-order chi connectivity index (χ0) is 13.8. The van der Waals surface area contributed by atoms with Gasteiger partial charge in [-0.1, -0.05) is 10.3 Å². The molecule has 4 N–H and O–H groups in total. The predicted octanol–water partition coefficient (Wildman–Crippen LogP) is 1.16. The Morgan fingerprint density at radius 2 is 2.26 bits per heavy atom. The molecule has 0 aliphatic carbocycles. The zero-order valence-corrected chi connectivity index (χ0v) is 9.50. The maximum atomic E-state index is 13.7. The van der Waals surface area contributed by atoms with Crippen LogP contribution in [0.3, 0.4) is 0 Å². The lowest BCUT2D eigenvalue weighted by atomic mass is 10.2. The number of carbonyl (C=O) groups excluding carboxylic acids is 1. The van der Waals surface area contributed by atoms with E-state index in [1.165, 1.54) is 24.5 Å². The average Bonchev–Trinajstić information content (AvgIpc) is 2.94. The highest BCUT2D eigenvalue weighted by molar-refractivity contribution is 6.03. The van der Waals surface area contributed by atoms with Crippen LogP contribution in [0.1, 0.15) is 16.1 Å². The molecule has 0 radical (unpaired) electrons. The fourth-order valence-corrected chi connectivity index (χ4v) is 1.35. The van der Waals surface area contributed by atoms with Crippen molar-refractivity contribution in [2.75, 3.05) is 5.32 Å². The second-order valence-electron chi connectivity index (χ2n) is 3.52. The van der Waals surface area contributed by atoms with Crippen LogP contribution in [-0.4, -0.2) is 22.1 Å². The normalized spacial score (nSPS) is 11.3. The van der Waals surface area contributed by atoms with Crippen molar-refractivity contribution in [3.8, 4) is 0 Å². The lowest BCUT2D eigenvalue weighted by Gasteiger charge is -2.06. The number of hydrogen-bond acceptors (Lipinski definition) is 5. The molecular weight excluding hydrogens is 255 g/mol. The molecule has 98 valence electrons. The maximum absolute atomic E-state index is 13.7. The Morgan fingerprint density at radius 3 is 2.84 bits per heavy atom. The number of aromatic nitrogens is 1. The number of amidine groups is 1. The summed E-state index contributed by atoms with van der Waals surface area (Å²) in [6.45, 7) is 0. The Kier molecular flexibility index (Phi) is 3.42. The van der Waals surface area contributed by atoms with E-state index in [-0.39, 0.29) is 22.8 Å². The molecule has 19 heavy (non-hydrogen) atoms. The van der Waals surface area contributed by atoms with E-state index in [1.807, 2.05) is 0 Å². The molecule has 8 heteroatoms. The van der Waals surface area contributed by atoms with E-state index in [0.717, 1.165) is 6.07 Å². The Bertz CT molecular complexity index is 625. The van der Waals surface area contributed by atoms with Gasteiger partial charge in [0.05, 0.1) is 5.69 Å². The van der Waals surface area contributed by atoms with Gasteiger partial charge in [-0.3, -0.25) is 4.79 Å². The van der Waals surface area contributed by atoms with Gasteiger partial charge in [-0.25, -0.2) is 4.39 Å². The van der Waals surface area contributed by atoms with Crippen LogP contribution in [0.2, 0.25) is 0 Å². The van der Waals surface area contributed by atoms with Crippen molar-refractivity contribution in [2.45, 2.75) is 0 Å². The Labute approximate surface area is 106 Å². The lowest BCUT2D eigenvalue weighted by Crippen LogP contribution is -2.16. The number of hydrogen-bond donors (Lipinski definition) is 3. The van der Waals surface area contributed by atoms with Gasteiger partial charge in [0.15, 0.2) is 11.5 Å². The third-order valence-corrected chi connectivity index (χ3v) is 2.29. The summed E-state index contributed by atoms with van der Waals surface area (Å²) in [7, 11) is 0. The first-order valence-electron chi connectivity index (χ1n) is 5.11. The third-order valence-electron chi connectivity index (χ3n) is 2.29. The minimum Gasteiger partial charge on any atom is -0.409 e. The second-order valence-corrected chi connectivity index (χ2v) is 3.52. The Balaban J connectivity index is 2.20. The number of amides is 1. The average molecular weight is 264 g/mol. The van der Waals surface area contributed by atoms with Crippen LogP contribution in [0.5, 0.6) is 0 Å². The van der Waals surface area contributed by atoms with E-state index in [0.29, 0.717) is 0 Å². The van der Waals surface area contributed by atoms with Crippen LogP contribution in [-0.2, 0) is 0 Å². The summed E-state index contributed by atoms with van der Waals surface area (Å²) < 4.78 is 18.2. The van der Waals surface area contributed by atoms with Crippen molar-refractivity contribution >= 4 is 17.4 Å². The van der Waals surface area contributed by atoms with Gasteiger partial charge in [0.25, 0.3) is 5.91 Å². The fraction of sp³-hybridized carbons (Fsp3) is 0. The lowest BCUT2D eigenvalue weighted by molar-refractivity contribution is 0.101. The van der Waals surface area contributed by atoms with E-state index in [4.69, 9.17) is 10.9 Å². The van der Waals surface area contributed by atoms with Crippen molar-refractivity contribution in [1.82, 2.24) is 5.16 Å². The van der Waals surface area contributed by atoms with Gasteiger partial charge in [0, 0.05) is 11.6 Å². The van der Waals surface area contributed by atoms with E-state index >= 15 is 0 Å². The van der Waals surface area contributed by atoms with Crippen molar-refractivity contribution in [3.63, 3.8) is 0 Å². The van der Waals surface area contributed by atoms with Crippen LogP contribution < -0.4 is 11.1 Å².